The van der Waals surface area contributed by atoms with Gasteiger partial charge >= 0.3 is 0 Å². The van der Waals surface area contributed by atoms with E-state index in [1.165, 1.54) is 24.3 Å². The van der Waals surface area contributed by atoms with Crippen molar-refractivity contribution in [3.63, 3.8) is 0 Å². The summed E-state index contributed by atoms with van der Waals surface area (Å²) >= 11 is 5.68. The number of nitrogens with zero attached hydrogens (tertiary/aromatic N) is 1. The molecule has 1 aromatic carbocycles. The first-order chi connectivity index (χ1) is 8.49. The summed E-state index contributed by atoms with van der Waals surface area (Å²) in [5.41, 5.74) is 11.9. The zero-order valence-electron chi connectivity index (χ0n) is 9.15. The molecule has 4 N–H and O–H groups in total. The normalized spacial score (nSPS) is 10.3. The van der Waals surface area contributed by atoms with E-state index in [1.54, 1.807) is 6.07 Å². The molecular formula is C12H9ClFN3O. The number of pyridine rings is 1. The molecule has 1 amide bonds. The van der Waals surface area contributed by atoms with Crippen LogP contribution in [-0.2, 0) is 0 Å². The monoisotopic (exact) mass is 265 g/mol. The van der Waals surface area contributed by atoms with E-state index in [4.69, 9.17) is 23.1 Å². The predicted molar refractivity (Wildman–Crippen MR) is 67.6 cm³/mol. The number of hydrogen-bond donors (Lipinski definition) is 2. The Hall–Kier alpha value is -2.14. The molecule has 0 aliphatic rings. The number of nitrogen functional groups attached to an aromatic ring is 1. The summed E-state index contributed by atoms with van der Waals surface area (Å²) < 4.78 is 13.0. The van der Waals surface area contributed by atoms with Gasteiger partial charge in [0.15, 0.2) is 5.69 Å². The number of aromatic nitrogens is 1. The van der Waals surface area contributed by atoms with Gasteiger partial charge in [-0.15, -0.1) is 0 Å². The van der Waals surface area contributed by atoms with Crippen LogP contribution in [-0.4, -0.2) is 10.9 Å². The van der Waals surface area contributed by atoms with Gasteiger partial charge in [0, 0.05) is 5.56 Å². The first-order valence-electron chi connectivity index (χ1n) is 5.01. The second-order valence-electron chi connectivity index (χ2n) is 3.63. The van der Waals surface area contributed by atoms with Gasteiger partial charge in [-0.1, -0.05) is 11.6 Å². The molecule has 92 valence electrons. The predicted octanol–water partition coefficient (Wildman–Crippen LogP) is 2.22. The van der Waals surface area contributed by atoms with Gasteiger partial charge in [-0.3, -0.25) is 4.79 Å². The van der Waals surface area contributed by atoms with E-state index in [0.717, 1.165) is 0 Å². The number of rotatable bonds is 2. The number of carbonyl (C=O) groups is 1. The van der Waals surface area contributed by atoms with Crippen molar-refractivity contribution in [2.75, 3.05) is 5.73 Å². The van der Waals surface area contributed by atoms with Crippen molar-refractivity contribution in [1.29, 1.82) is 0 Å². The van der Waals surface area contributed by atoms with Gasteiger partial charge in [0.1, 0.15) is 5.82 Å². The zero-order chi connectivity index (χ0) is 13.3. The zero-order valence-corrected chi connectivity index (χ0v) is 9.91. The van der Waals surface area contributed by atoms with E-state index in [2.05, 4.69) is 4.98 Å². The minimum absolute atomic E-state index is 0.0204. The molecule has 2 aromatic rings. The highest BCUT2D eigenvalue weighted by atomic mass is 35.5. The van der Waals surface area contributed by atoms with Crippen LogP contribution in [0.25, 0.3) is 11.3 Å². The third kappa shape index (κ3) is 2.26. The quantitative estimate of drug-likeness (QED) is 0.873. The van der Waals surface area contributed by atoms with Crippen LogP contribution < -0.4 is 11.5 Å². The van der Waals surface area contributed by atoms with Crippen LogP contribution in [0.3, 0.4) is 0 Å². The molecule has 6 heteroatoms. The van der Waals surface area contributed by atoms with Gasteiger partial charge in [0.05, 0.1) is 16.4 Å². The largest absolute Gasteiger partial charge is 0.397 e. The summed E-state index contributed by atoms with van der Waals surface area (Å²) in [5, 5.41) is -0.0215. The molecule has 1 heterocycles. The van der Waals surface area contributed by atoms with E-state index in [1.807, 2.05) is 0 Å². The van der Waals surface area contributed by atoms with Crippen molar-refractivity contribution in [3.8, 4) is 11.3 Å². The second kappa shape index (κ2) is 4.62. The summed E-state index contributed by atoms with van der Waals surface area (Å²) in [5.74, 6) is -1.24. The molecule has 1 aromatic heterocycles. The number of primary amides is 1. The number of hydrogen-bond acceptors (Lipinski definition) is 3. The Balaban J connectivity index is 2.54. The number of anilines is 1. The molecule has 0 bridgehead atoms. The van der Waals surface area contributed by atoms with E-state index in [0.29, 0.717) is 11.3 Å². The Morgan fingerprint density at radius 3 is 2.61 bits per heavy atom. The Bertz CT molecular complexity index is 631. The molecular weight excluding hydrogens is 257 g/mol. The fourth-order valence-electron chi connectivity index (χ4n) is 1.48. The maximum Gasteiger partial charge on any atom is 0.269 e. The lowest BCUT2D eigenvalue weighted by Crippen LogP contribution is -2.15. The second-order valence-corrected chi connectivity index (χ2v) is 4.03. The van der Waals surface area contributed by atoms with Crippen LogP contribution in [0.2, 0.25) is 5.02 Å². The highest BCUT2D eigenvalue weighted by Gasteiger charge is 2.11. The van der Waals surface area contributed by atoms with E-state index in [-0.39, 0.29) is 16.4 Å². The van der Waals surface area contributed by atoms with Gasteiger partial charge in [-0.2, -0.15) is 0 Å². The van der Waals surface area contributed by atoms with Crippen molar-refractivity contribution in [2.45, 2.75) is 0 Å². The molecule has 2 rings (SSSR count). The molecule has 0 unspecified atom stereocenters. The molecule has 0 radical (unpaired) electrons. The standard InChI is InChI=1S/C12H9ClFN3O/c13-7-5-6(1-2-8(7)14)10-4-3-9(15)11(17-10)12(16)18/h1-5H,15H2,(H2,16,18). The summed E-state index contributed by atoms with van der Waals surface area (Å²) in [7, 11) is 0. The Morgan fingerprint density at radius 1 is 1.28 bits per heavy atom. The van der Waals surface area contributed by atoms with Crippen molar-refractivity contribution in [2.24, 2.45) is 5.73 Å². The molecule has 4 nitrogen and oxygen atoms in total. The summed E-state index contributed by atoms with van der Waals surface area (Å²) in [6, 6.07) is 7.26. The van der Waals surface area contributed by atoms with Crippen LogP contribution in [0.15, 0.2) is 30.3 Å². The average molecular weight is 266 g/mol. The summed E-state index contributed by atoms with van der Waals surface area (Å²) in [6.45, 7) is 0. The minimum atomic E-state index is -0.720. The number of halogens is 2. The van der Waals surface area contributed by atoms with Crippen LogP contribution in [0.5, 0.6) is 0 Å². The van der Waals surface area contributed by atoms with Gasteiger partial charge in [0.2, 0.25) is 0 Å². The molecule has 0 saturated carbocycles. The summed E-state index contributed by atoms with van der Waals surface area (Å²) in [4.78, 5) is 15.2. The number of benzene rings is 1. The number of nitrogens with two attached hydrogens (primary N) is 2. The van der Waals surface area contributed by atoms with E-state index >= 15 is 0 Å². The lowest BCUT2D eigenvalue weighted by atomic mass is 10.1. The fourth-order valence-corrected chi connectivity index (χ4v) is 1.66. The SMILES string of the molecule is NC(=O)c1nc(-c2ccc(F)c(Cl)c2)ccc1N. The van der Waals surface area contributed by atoms with Crippen molar-refractivity contribution in [3.05, 3.63) is 46.9 Å². The molecule has 18 heavy (non-hydrogen) atoms. The molecule has 0 atom stereocenters. The third-order valence-electron chi connectivity index (χ3n) is 2.38. The maximum absolute atomic E-state index is 13.0. The smallest absolute Gasteiger partial charge is 0.269 e. The lowest BCUT2D eigenvalue weighted by Gasteiger charge is -2.06. The highest BCUT2D eigenvalue weighted by molar-refractivity contribution is 6.31. The first kappa shape index (κ1) is 12.3. The van der Waals surface area contributed by atoms with Gasteiger partial charge in [0.25, 0.3) is 5.91 Å². The summed E-state index contributed by atoms with van der Waals surface area (Å²) in [6.07, 6.45) is 0. The average Bonchev–Trinajstić information content (AvgIpc) is 2.33. The molecule has 0 aliphatic carbocycles. The van der Waals surface area contributed by atoms with Gasteiger partial charge in [-0.05, 0) is 30.3 Å². The van der Waals surface area contributed by atoms with Gasteiger partial charge in [-0.25, -0.2) is 9.37 Å². The van der Waals surface area contributed by atoms with Crippen LogP contribution in [0.4, 0.5) is 10.1 Å². The van der Waals surface area contributed by atoms with E-state index in [9.17, 15) is 9.18 Å². The topological polar surface area (TPSA) is 82.0 Å². The van der Waals surface area contributed by atoms with Gasteiger partial charge < -0.3 is 11.5 Å². The third-order valence-corrected chi connectivity index (χ3v) is 2.66. The van der Waals surface area contributed by atoms with Crippen LogP contribution in [0, 0.1) is 5.82 Å². The molecule has 0 saturated heterocycles. The molecule has 0 spiro atoms. The maximum atomic E-state index is 13.0. The van der Waals surface area contributed by atoms with Crippen LogP contribution in [0.1, 0.15) is 10.5 Å². The number of amides is 1. The Morgan fingerprint density at radius 2 is 2.00 bits per heavy atom. The minimum Gasteiger partial charge on any atom is -0.397 e. The fraction of sp³-hybridized carbons (Fsp3) is 0. The Kier molecular flexibility index (Phi) is 3.16. The van der Waals surface area contributed by atoms with Crippen molar-refractivity contribution < 1.29 is 9.18 Å². The lowest BCUT2D eigenvalue weighted by molar-refractivity contribution is 0.0996. The van der Waals surface area contributed by atoms with Crippen LogP contribution >= 0.6 is 11.6 Å². The Labute approximate surface area is 107 Å². The van der Waals surface area contributed by atoms with Crippen molar-refractivity contribution >= 4 is 23.2 Å². The first-order valence-corrected chi connectivity index (χ1v) is 5.38. The number of carbonyl (C=O) groups excluding carboxylic acids is 1. The highest BCUT2D eigenvalue weighted by Crippen LogP contribution is 2.24. The van der Waals surface area contributed by atoms with E-state index < -0.39 is 11.7 Å². The molecule has 0 fully saturated rings. The van der Waals surface area contributed by atoms with Crippen molar-refractivity contribution in [1.82, 2.24) is 4.98 Å². The molecule has 0 aliphatic heterocycles.